The van der Waals surface area contributed by atoms with Gasteiger partial charge in [-0.1, -0.05) is 6.07 Å². The van der Waals surface area contributed by atoms with Crippen LogP contribution < -0.4 is 0 Å². The van der Waals surface area contributed by atoms with Crippen LogP contribution in [0, 0.1) is 17.0 Å². The monoisotopic (exact) mass is 193 g/mol. The summed E-state index contributed by atoms with van der Waals surface area (Å²) < 4.78 is 0. The zero-order valence-electron chi connectivity index (χ0n) is 5.94. The zero-order chi connectivity index (χ0) is 8.43. The van der Waals surface area contributed by atoms with Crippen LogP contribution in [0.2, 0.25) is 0 Å². The van der Waals surface area contributed by atoms with E-state index in [1.54, 1.807) is 19.1 Å². The Bertz CT molecular complexity index is 303. The molecule has 1 rings (SSSR count). The van der Waals surface area contributed by atoms with Crippen LogP contribution in [-0.4, -0.2) is 34.5 Å². The summed E-state index contributed by atoms with van der Waals surface area (Å²) in [5.74, 6) is 0. The third-order valence-corrected chi connectivity index (χ3v) is 1.71. The molecule has 0 N–H and O–H groups in total. The van der Waals surface area contributed by atoms with Crippen LogP contribution in [0.5, 0.6) is 0 Å². The van der Waals surface area contributed by atoms with Crippen molar-refractivity contribution in [1.29, 1.82) is 0 Å². The van der Waals surface area contributed by atoms with Gasteiger partial charge in [-0.05, 0) is 18.6 Å². The number of aryl methyl sites for hydroxylation is 1. The Balaban J connectivity index is 0.00000121. The van der Waals surface area contributed by atoms with Gasteiger partial charge in [0.15, 0.2) is 0 Å². The van der Waals surface area contributed by atoms with Crippen LogP contribution in [0.1, 0.15) is 5.56 Å². The van der Waals surface area contributed by atoms with E-state index in [9.17, 15) is 10.1 Å². The van der Waals surface area contributed by atoms with Crippen molar-refractivity contribution >= 4 is 47.9 Å². The van der Waals surface area contributed by atoms with Gasteiger partial charge in [0.1, 0.15) is 0 Å². The molecule has 0 atom stereocenters. The summed E-state index contributed by atoms with van der Waals surface area (Å²) in [6.07, 6.45) is 0. The topological polar surface area (TPSA) is 43.1 Å². The molecule has 0 saturated heterocycles. The maximum absolute atomic E-state index is 10.3. The minimum atomic E-state index is -0.435. The minimum absolute atomic E-state index is 0. The molecule has 0 aliphatic heterocycles. The number of nitrogens with zero attached hydrogens (tertiary/aromatic N) is 1. The third kappa shape index (κ3) is 2.79. The number of nitro benzene ring substituents is 1. The first-order chi connectivity index (χ1) is 5.11. The van der Waals surface area contributed by atoms with Crippen LogP contribution in [0.25, 0.3) is 0 Å². The van der Waals surface area contributed by atoms with Gasteiger partial charge in [-0.3, -0.25) is 10.1 Å². The fraction of sp³-hybridized carbons (Fsp3) is 0.143. The number of nitro groups is 1. The molecule has 0 spiro atoms. The predicted molar refractivity (Wildman–Crippen MR) is 52.2 cm³/mol. The van der Waals surface area contributed by atoms with E-state index >= 15 is 0 Å². The Labute approximate surface area is 98.0 Å². The molecule has 0 aromatic heterocycles. The Hall–Kier alpha value is -0.0300. The van der Waals surface area contributed by atoms with Crippen LogP contribution in [0.4, 0.5) is 5.69 Å². The van der Waals surface area contributed by atoms with Gasteiger partial charge in [-0.2, -0.15) is 0 Å². The summed E-state index contributed by atoms with van der Waals surface area (Å²) in [6.45, 7) is 1.81. The first kappa shape index (κ1) is 12.0. The van der Waals surface area contributed by atoms with Crippen molar-refractivity contribution in [1.82, 2.24) is 0 Å². The molecule has 0 amide bonds. The molecule has 0 unspecified atom stereocenters. The second-order valence-corrected chi connectivity index (χ2v) is 2.73. The van der Waals surface area contributed by atoms with E-state index in [2.05, 4.69) is 12.6 Å². The second-order valence-electron chi connectivity index (χ2n) is 2.25. The molecule has 0 aliphatic carbocycles. The summed E-state index contributed by atoms with van der Waals surface area (Å²) in [4.78, 5) is 10.3. The van der Waals surface area contributed by atoms with Crippen molar-refractivity contribution in [2.45, 2.75) is 11.8 Å². The summed E-state index contributed by atoms with van der Waals surface area (Å²) >= 11 is 3.94. The van der Waals surface area contributed by atoms with Crippen LogP contribution in [0.3, 0.4) is 0 Å². The van der Waals surface area contributed by atoms with Crippen LogP contribution in [-0.2, 0) is 0 Å². The first-order valence-electron chi connectivity index (χ1n) is 3.05. The molecule has 0 bridgehead atoms. The molecule has 1 aromatic carbocycles. The van der Waals surface area contributed by atoms with E-state index in [-0.39, 0.29) is 35.2 Å². The second kappa shape index (κ2) is 4.87. The molecule has 60 valence electrons. The van der Waals surface area contributed by atoms with Crippen molar-refractivity contribution in [3.05, 3.63) is 33.9 Å². The summed E-state index contributed by atoms with van der Waals surface area (Å²) in [6, 6.07) is 4.91. The fourth-order valence-corrected chi connectivity index (χ4v) is 1.00. The Morgan fingerprint density at radius 1 is 1.50 bits per heavy atom. The Morgan fingerprint density at radius 2 is 2.08 bits per heavy atom. The first-order valence-corrected chi connectivity index (χ1v) is 3.50. The van der Waals surface area contributed by atoms with Crippen molar-refractivity contribution < 1.29 is 4.92 Å². The molecule has 0 radical (unpaired) electrons. The van der Waals surface area contributed by atoms with Crippen molar-refractivity contribution in [3.63, 3.8) is 0 Å². The van der Waals surface area contributed by atoms with E-state index in [1.807, 2.05) is 0 Å². The Kier molecular flexibility index (Phi) is 4.85. The Morgan fingerprint density at radius 3 is 2.50 bits per heavy atom. The molecule has 0 saturated carbocycles. The number of hydrogen-bond acceptors (Lipinski definition) is 3. The molecule has 0 aliphatic rings. The van der Waals surface area contributed by atoms with E-state index in [4.69, 9.17) is 0 Å². The molecule has 3 nitrogen and oxygen atoms in total. The SMILES string of the molecule is Cc1ccc(S)c([N+](=O)[O-])c1.[NaH]. The standard InChI is InChI=1S/C7H7NO2S.Na.H/c1-5-2-3-7(11)6(4-5)8(9)10;;/h2-4,11H,1H3;;. The molecule has 5 heteroatoms. The molecule has 12 heavy (non-hydrogen) atoms. The van der Waals surface area contributed by atoms with Gasteiger partial charge < -0.3 is 0 Å². The van der Waals surface area contributed by atoms with Gasteiger partial charge >= 0.3 is 29.6 Å². The molecule has 0 heterocycles. The van der Waals surface area contributed by atoms with Crippen molar-refractivity contribution in [2.24, 2.45) is 0 Å². The predicted octanol–water partition coefficient (Wildman–Crippen LogP) is 1.54. The van der Waals surface area contributed by atoms with Gasteiger partial charge in [0.2, 0.25) is 0 Å². The third-order valence-electron chi connectivity index (χ3n) is 1.33. The number of benzene rings is 1. The van der Waals surface area contributed by atoms with Gasteiger partial charge in [0, 0.05) is 6.07 Å². The van der Waals surface area contributed by atoms with Gasteiger partial charge in [-0.15, -0.1) is 12.6 Å². The average Bonchev–Trinajstić information content (AvgIpc) is 1.94. The zero-order valence-corrected chi connectivity index (χ0v) is 6.84. The van der Waals surface area contributed by atoms with Crippen molar-refractivity contribution in [2.75, 3.05) is 0 Å². The van der Waals surface area contributed by atoms with Gasteiger partial charge in [0.05, 0.1) is 9.82 Å². The summed E-state index contributed by atoms with van der Waals surface area (Å²) in [5, 5.41) is 10.3. The van der Waals surface area contributed by atoms with E-state index < -0.39 is 4.92 Å². The molecule has 0 fully saturated rings. The summed E-state index contributed by atoms with van der Waals surface area (Å²) in [5.41, 5.74) is 0.933. The molecular formula is C7H8NNaO2S. The summed E-state index contributed by atoms with van der Waals surface area (Å²) in [7, 11) is 0. The van der Waals surface area contributed by atoms with Crippen LogP contribution in [0.15, 0.2) is 23.1 Å². The van der Waals surface area contributed by atoms with Crippen LogP contribution >= 0.6 is 12.6 Å². The quantitative estimate of drug-likeness (QED) is 0.318. The number of hydrogen-bond donors (Lipinski definition) is 1. The fourth-order valence-electron chi connectivity index (χ4n) is 0.780. The van der Waals surface area contributed by atoms with E-state index in [0.29, 0.717) is 4.90 Å². The maximum atomic E-state index is 10.3. The van der Waals surface area contributed by atoms with Gasteiger partial charge in [-0.25, -0.2) is 0 Å². The number of rotatable bonds is 1. The molecule has 1 aromatic rings. The van der Waals surface area contributed by atoms with Gasteiger partial charge in [0.25, 0.3) is 5.69 Å². The number of thiol groups is 1. The van der Waals surface area contributed by atoms with E-state index in [0.717, 1.165) is 5.56 Å². The average molecular weight is 193 g/mol. The van der Waals surface area contributed by atoms with Crippen molar-refractivity contribution in [3.8, 4) is 0 Å². The molecular weight excluding hydrogens is 185 g/mol. The van der Waals surface area contributed by atoms with E-state index in [1.165, 1.54) is 6.07 Å². The normalized spacial score (nSPS) is 8.83.